The molecule has 0 heterocycles. The third kappa shape index (κ3) is 5.02. The maximum Gasteiger partial charge on any atom is 0.320 e. The Morgan fingerprint density at radius 3 is 2.39 bits per heavy atom. The highest BCUT2D eigenvalue weighted by molar-refractivity contribution is 5.85. The van der Waals surface area contributed by atoms with Crippen LogP contribution in [0.2, 0.25) is 0 Å². The molecule has 0 saturated heterocycles. The molecule has 1 N–H and O–H groups in total. The van der Waals surface area contributed by atoms with Crippen LogP contribution in [-0.4, -0.2) is 35.6 Å². The van der Waals surface area contributed by atoms with Crippen LogP contribution in [0.25, 0.3) is 0 Å². The average molecular weight is 276 g/mol. The predicted molar refractivity (Wildman–Crippen MR) is 71.7 cm³/mol. The number of likely N-dealkylation sites (N-methyl/N-ethyl adjacent to an activating group) is 1. The van der Waals surface area contributed by atoms with E-state index in [2.05, 4.69) is 0 Å². The Labute approximate surface area is 113 Å². The summed E-state index contributed by atoms with van der Waals surface area (Å²) in [5.41, 5.74) is 1.01. The van der Waals surface area contributed by atoms with E-state index in [1.807, 2.05) is 11.8 Å². The van der Waals surface area contributed by atoms with E-state index in [4.69, 9.17) is 5.11 Å². The van der Waals surface area contributed by atoms with Gasteiger partial charge in [-0.05, 0) is 37.6 Å². The fraction of sp³-hybridized carbons (Fsp3) is 0.462. The van der Waals surface area contributed by atoms with Crippen molar-refractivity contribution in [2.24, 2.45) is 0 Å². The predicted octanol–water partition coefficient (Wildman–Crippen LogP) is 2.59. The van der Waals surface area contributed by atoms with E-state index in [1.54, 1.807) is 19.2 Å². The van der Waals surface area contributed by atoms with Gasteiger partial charge in [-0.1, -0.05) is 19.1 Å². The van der Waals surface area contributed by atoms with Gasteiger partial charge in [-0.25, -0.2) is 4.39 Å². The molecule has 1 aromatic rings. The largest absolute Gasteiger partial charge is 0.480 e. The second kappa shape index (κ2) is 8.06. The van der Waals surface area contributed by atoms with Gasteiger partial charge in [0, 0.05) is 6.54 Å². The van der Waals surface area contributed by atoms with Crippen molar-refractivity contribution in [3.05, 3.63) is 35.6 Å². The molecule has 0 spiro atoms. The van der Waals surface area contributed by atoms with Crippen molar-refractivity contribution in [1.29, 1.82) is 0 Å². The van der Waals surface area contributed by atoms with Crippen LogP contribution >= 0.6 is 12.4 Å². The van der Waals surface area contributed by atoms with E-state index >= 15 is 0 Å². The standard InChI is InChI=1S/C13H18FNO2.ClH/c1-3-12(13(16)17)15(2)9-8-10-4-6-11(14)7-5-10;/h4-7,12H,3,8-9H2,1-2H3,(H,16,17);1H. The average Bonchev–Trinajstić information content (AvgIpc) is 2.28. The molecule has 1 atom stereocenters. The summed E-state index contributed by atoms with van der Waals surface area (Å²) in [5, 5.41) is 8.99. The van der Waals surface area contributed by atoms with Crippen LogP contribution in [0.1, 0.15) is 18.9 Å². The van der Waals surface area contributed by atoms with Gasteiger partial charge in [0.15, 0.2) is 0 Å². The van der Waals surface area contributed by atoms with E-state index in [-0.39, 0.29) is 18.2 Å². The van der Waals surface area contributed by atoms with Gasteiger partial charge in [0.25, 0.3) is 0 Å². The lowest BCUT2D eigenvalue weighted by Crippen LogP contribution is -2.39. The van der Waals surface area contributed by atoms with Crippen LogP contribution in [0.15, 0.2) is 24.3 Å². The van der Waals surface area contributed by atoms with Crippen molar-refractivity contribution >= 4 is 18.4 Å². The molecule has 5 heteroatoms. The minimum Gasteiger partial charge on any atom is -0.480 e. The van der Waals surface area contributed by atoms with Crippen LogP contribution in [0, 0.1) is 5.82 Å². The smallest absolute Gasteiger partial charge is 0.320 e. The molecule has 0 aliphatic heterocycles. The molecule has 3 nitrogen and oxygen atoms in total. The number of benzene rings is 1. The molecule has 0 aromatic heterocycles. The van der Waals surface area contributed by atoms with Gasteiger partial charge in [-0.15, -0.1) is 12.4 Å². The maximum absolute atomic E-state index is 12.7. The van der Waals surface area contributed by atoms with Gasteiger partial charge in [0.05, 0.1) is 0 Å². The molecule has 1 aromatic carbocycles. The molecule has 0 fully saturated rings. The Morgan fingerprint density at radius 1 is 1.39 bits per heavy atom. The Morgan fingerprint density at radius 2 is 1.94 bits per heavy atom. The molecule has 102 valence electrons. The minimum atomic E-state index is -0.797. The summed E-state index contributed by atoms with van der Waals surface area (Å²) < 4.78 is 12.7. The summed E-state index contributed by atoms with van der Waals surface area (Å²) in [5.74, 6) is -1.05. The first-order chi connectivity index (χ1) is 8.04. The third-order valence-electron chi connectivity index (χ3n) is 2.87. The van der Waals surface area contributed by atoms with Crippen molar-refractivity contribution in [3.8, 4) is 0 Å². The summed E-state index contributed by atoms with van der Waals surface area (Å²) in [6.07, 6.45) is 1.30. The van der Waals surface area contributed by atoms with Gasteiger partial charge >= 0.3 is 5.97 Å². The van der Waals surface area contributed by atoms with Crippen molar-refractivity contribution in [1.82, 2.24) is 4.90 Å². The number of carboxylic acids is 1. The summed E-state index contributed by atoms with van der Waals surface area (Å²) in [7, 11) is 1.80. The summed E-state index contributed by atoms with van der Waals surface area (Å²) in [6.45, 7) is 2.50. The summed E-state index contributed by atoms with van der Waals surface area (Å²) in [4.78, 5) is 12.7. The number of aliphatic carboxylic acids is 1. The number of halogens is 2. The lowest BCUT2D eigenvalue weighted by atomic mass is 10.1. The normalized spacial score (nSPS) is 12.0. The van der Waals surface area contributed by atoms with Gasteiger partial charge in [-0.3, -0.25) is 9.69 Å². The molecule has 1 rings (SSSR count). The van der Waals surface area contributed by atoms with Crippen LogP contribution in [0.4, 0.5) is 4.39 Å². The first-order valence-electron chi connectivity index (χ1n) is 5.72. The van der Waals surface area contributed by atoms with Gasteiger partial charge in [-0.2, -0.15) is 0 Å². The highest BCUT2D eigenvalue weighted by Crippen LogP contribution is 2.07. The maximum atomic E-state index is 12.7. The highest BCUT2D eigenvalue weighted by atomic mass is 35.5. The van der Waals surface area contributed by atoms with E-state index < -0.39 is 12.0 Å². The molecule has 0 saturated carbocycles. The number of carboxylic acid groups (broad SMARTS) is 1. The van der Waals surface area contributed by atoms with Gasteiger partial charge in [0.1, 0.15) is 11.9 Å². The zero-order valence-electron chi connectivity index (χ0n) is 10.6. The molecule has 0 bridgehead atoms. The third-order valence-corrected chi connectivity index (χ3v) is 2.87. The Bertz CT molecular complexity index is 370. The molecule has 0 aliphatic rings. The van der Waals surface area contributed by atoms with Crippen molar-refractivity contribution < 1.29 is 14.3 Å². The monoisotopic (exact) mass is 275 g/mol. The van der Waals surface area contributed by atoms with E-state index in [0.717, 1.165) is 12.0 Å². The molecule has 18 heavy (non-hydrogen) atoms. The van der Waals surface area contributed by atoms with Crippen LogP contribution in [0.5, 0.6) is 0 Å². The van der Waals surface area contributed by atoms with Crippen LogP contribution in [-0.2, 0) is 11.2 Å². The fourth-order valence-electron chi connectivity index (χ4n) is 1.79. The molecular formula is C13H19ClFNO2. The van der Waals surface area contributed by atoms with E-state index in [9.17, 15) is 9.18 Å². The van der Waals surface area contributed by atoms with E-state index in [1.165, 1.54) is 12.1 Å². The second-order valence-corrected chi connectivity index (χ2v) is 4.12. The Balaban J connectivity index is 0.00000289. The molecular weight excluding hydrogens is 257 g/mol. The van der Waals surface area contributed by atoms with Crippen LogP contribution in [0.3, 0.4) is 0 Å². The molecule has 0 aliphatic carbocycles. The topological polar surface area (TPSA) is 40.5 Å². The van der Waals surface area contributed by atoms with Crippen molar-refractivity contribution in [3.63, 3.8) is 0 Å². The lowest BCUT2D eigenvalue weighted by Gasteiger charge is -2.23. The lowest BCUT2D eigenvalue weighted by molar-refractivity contribution is -0.142. The number of rotatable bonds is 6. The first kappa shape index (κ1) is 16.9. The zero-order chi connectivity index (χ0) is 12.8. The number of hydrogen-bond acceptors (Lipinski definition) is 2. The minimum absolute atomic E-state index is 0. The van der Waals surface area contributed by atoms with Crippen LogP contribution < -0.4 is 0 Å². The van der Waals surface area contributed by atoms with Crippen molar-refractivity contribution in [2.45, 2.75) is 25.8 Å². The number of carbonyl (C=O) groups is 1. The van der Waals surface area contributed by atoms with Gasteiger partial charge in [0.2, 0.25) is 0 Å². The quantitative estimate of drug-likeness (QED) is 0.867. The summed E-state index contributed by atoms with van der Waals surface area (Å²) >= 11 is 0. The highest BCUT2D eigenvalue weighted by Gasteiger charge is 2.19. The SMILES string of the molecule is CCC(C(=O)O)N(C)CCc1ccc(F)cc1.Cl. The molecule has 1 unspecified atom stereocenters. The Kier molecular flexibility index (Phi) is 7.55. The molecule has 0 radical (unpaired) electrons. The zero-order valence-corrected chi connectivity index (χ0v) is 11.4. The van der Waals surface area contributed by atoms with Crippen molar-refractivity contribution in [2.75, 3.05) is 13.6 Å². The van der Waals surface area contributed by atoms with E-state index in [0.29, 0.717) is 13.0 Å². The number of hydrogen-bond donors (Lipinski definition) is 1. The molecule has 0 amide bonds. The number of nitrogens with zero attached hydrogens (tertiary/aromatic N) is 1. The summed E-state index contributed by atoms with van der Waals surface area (Å²) in [6, 6.07) is 5.85. The van der Waals surface area contributed by atoms with Gasteiger partial charge < -0.3 is 5.11 Å². The fourth-order valence-corrected chi connectivity index (χ4v) is 1.79. The second-order valence-electron chi connectivity index (χ2n) is 4.12. The first-order valence-corrected chi connectivity index (χ1v) is 5.72. The Hall–Kier alpha value is -1.13.